The molecule has 2 aromatic carbocycles. The summed E-state index contributed by atoms with van der Waals surface area (Å²) in [4.78, 5) is 7.47. The van der Waals surface area contributed by atoms with Gasteiger partial charge in [0.1, 0.15) is 12.2 Å². The van der Waals surface area contributed by atoms with Crippen LogP contribution in [0.3, 0.4) is 0 Å². The Hall–Kier alpha value is -3.68. The van der Waals surface area contributed by atoms with Crippen molar-refractivity contribution >= 4 is 11.6 Å². The largest absolute Gasteiger partial charge is 0.326 e. The Morgan fingerprint density at radius 2 is 1.97 bits per heavy atom. The number of benzene rings is 2. The minimum atomic E-state index is 0.132. The molecule has 0 bridgehead atoms. The van der Waals surface area contributed by atoms with E-state index in [1.165, 1.54) is 0 Å². The molecule has 0 aliphatic carbocycles. The Morgan fingerprint density at radius 1 is 1.12 bits per heavy atom. The van der Waals surface area contributed by atoms with Gasteiger partial charge >= 0.3 is 0 Å². The Bertz CT molecular complexity index is 1230. The number of halogens is 1. The fourth-order valence-electron chi connectivity index (χ4n) is 3.74. The van der Waals surface area contributed by atoms with Crippen LogP contribution in [-0.4, -0.2) is 29.8 Å². The van der Waals surface area contributed by atoms with Crippen LogP contribution in [0.5, 0.6) is 0 Å². The Kier molecular flexibility index (Phi) is 6.79. The molecule has 0 saturated carbocycles. The molecule has 4 aromatic rings. The van der Waals surface area contributed by atoms with Gasteiger partial charge < -0.3 is 4.57 Å². The highest BCUT2D eigenvalue weighted by Crippen LogP contribution is 2.31. The molecule has 0 aliphatic heterocycles. The minimum absolute atomic E-state index is 0.132. The van der Waals surface area contributed by atoms with E-state index in [4.69, 9.17) is 17.1 Å². The molecule has 10 heteroatoms. The maximum Gasteiger partial charge on any atom is 0.150 e. The van der Waals surface area contributed by atoms with E-state index < -0.39 is 0 Å². The monoisotopic (exact) mass is 447 g/mol. The van der Waals surface area contributed by atoms with Gasteiger partial charge in [0.05, 0.1) is 24.5 Å². The van der Waals surface area contributed by atoms with Crippen molar-refractivity contribution in [3.05, 3.63) is 87.5 Å². The van der Waals surface area contributed by atoms with E-state index in [1.807, 2.05) is 34.9 Å². The van der Waals surface area contributed by atoms with Crippen molar-refractivity contribution in [1.82, 2.24) is 29.8 Å². The molecular formula is C22H22ClN9. The molecule has 0 unspecified atom stereocenters. The number of tetrazole rings is 1. The number of hydrogen-bond acceptors (Lipinski definition) is 5. The van der Waals surface area contributed by atoms with Gasteiger partial charge in [0.25, 0.3) is 0 Å². The molecule has 0 saturated heterocycles. The highest BCUT2D eigenvalue weighted by molar-refractivity contribution is 6.30. The fraction of sp³-hybridized carbons (Fsp3) is 0.273. The summed E-state index contributed by atoms with van der Waals surface area (Å²) in [5.74, 6) is 0.868. The number of unbranched alkanes of at least 4 members (excludes halogenated alkanes) is 1. The summed E-state index contributed by atoms with van der Waals surface area (Å²) in [5, 5.41) is 15.9. The molecular weight excluding hydrogens is 426 g/mol. The zero-order valence-corrected chi connectivity index (χ0v) is 18.4. The summed E-state index contributed by atoms with van der Waals surface area (Å²) in [7, 11) is 0. The van der Waals surface area contributed by atoms with E-state index in [0.717, 1.165) is 47.5 Å². The molecule has 2 aromatic heterocycles. The Balaban J connectivity index is 1.86. The molecule has 32 heavy (non-hydrogen) atoms. The maximum atomic E-state index is 8.84. The second kappa shape index (κ2) is 10.1. The molecule has 2 heterocycles. The number of para-hydroxylation sites is 1. The van der Waals surface area contributed by atoms with Crippen molar-refractivity contribution in [3.63, 3.8) is 0 Å². The van der Waals surface area contributed by atoms with E-state index in [0.29, 0.717) is 17.4 Å². The zero-order valence-electron chi connectivity index (χ0n) is 17.6. The third-order valence-electron chi connectivity index (χ3n) is 5.25. The maximum absolute atomic E-state index is 8.84. The number of azide groups is 1. The van der Waals surface area contributed by atoms with E-state index in [1.54, 1.807) is 11.0 Å². The molecule has 0 spiro atoms. The lowest BCUT2D eigenvalue weighted by atomic mass is 9.99. The second-order valence-electron chi connectivity index (χ2n) is 7.28. The highest BCUT2D eigenvalue weighted by Gasteiger charge is 2.19. The van der Waals surface area contributed by atoms with Crippen LogP contribution in [-0.2, 0) is 19.5 Å². The first kappa shape index (κ1) is 21.5. The molecule has 4 rings (SSSR count). The summed E-state index contributed by atoms with van der Waals surface area (Å²) in [6.07, 6.45) is 4.39. The molecule has 162 valence electrons. The van der Waals surface area contributed by atoms with Gasteiger partial charge in [-0.15, -0.1) is 5.10 Å². The first-order valence-electron chi connectivity index (χ1n) is 10.4. The number of hydrogen-bond donors (Lipinski definition) is 0. The van der Waals surface area contributed by atoms with Gasteiger partial charge in [-0.25, -0.2) is 4.98 Å². The van der Waals surface area contributed by atoms with E-state index in [9.17, 15) is 0 Å². The second-order valence-corrected chi connectivity index (χ2v) is 7.64. The van der Waals surface area contributed by atoms with Gasteiger partial charge in [-0.1, -0.05) is 78.6 Å². The first-order chi connectivity index (χ1) is 15.7. The molecule has 0 amide bonds. The fourth-order valence-corrected chi connectivity index (χ4v) is 4.00. The van der Waals surface area contributed by atoms with Crippen LogP contribution in [0.25, 0.3) is 27.3 Å². The van der Waals surface area contributed by atoms with Crippen molar-refractivity contribution in [2.45, 2.75) is 39.3 Å². The number of rotatable bonds is 9. The lowest BCUT2D eigenvalue weighted by Crippen LogP contribution is -2.12. The quantitative estimate of drug-likeness (QED) is 0.195. The SMILES string of the molecule is CCCCc1nc(Cl)c(CN=[N+]=[N-])n1Cc1cccc(-c2ccccc2)c1-n1cnnn1. The molecule has 0 atom stereocenters. The van der Waals surface area contributed by atoms with Crippen LogP contribution in [0, 0.1) is 0 Å². The van der Waals surface area contributed by atoms with Crippen molar-refractivity contribution in [2.75, 3.05) is 0 Å². The minimum Gasteiger partial charge on any atom is -0.326 e. The third kappa shape index (κ3) is 4.49. The third-order valence-corrected chi connectivity index (χ3v) is 5.55. The number of nitrogens with zero attached hydrogens (tertiary/aromatic N) is 9. The standard InChI is InChI=1S/C22H22ClN9/c1-2-3-12-20-27-22(23)19(13-25-28-24)31(20)14-17-10-7-11-18(16-8-5-4-6-9-16)21(17)32-15-26-29-30-32/h4-11,15H,2-3,12-14H2,1H3. The Morgan fingerprint density at radius 3 is 2.69 bits per heavy atom. The summed E-state index contributed by atoms with van der Waals surface area (Å²) in [6, 6.07) is 16.2. The van der Waals surface area contributed by atoms with Gasteiger partial charge in [0.15, 0.2) is 5.15 Å². The Labute approximate surface area is 190 Å². The van der Waals surface area contributed by atoms with Gasteiger partial charge in [0, 0.05) is 16.9 Å². The van der Waals surface area contributed by atoms with Crippen molar-refractivity contribution in [3.8, 4) is 16.8 Å². The van der Waals surface area contributed by atoms with Crippen LogP contribution in [0.4, 0.5) is 0 Å². The van der Waals surface area contributed by atoms with Crippen LogP contribution < -0.4 is 0 Å². The average molecular weight is 448 g/mol. The smallest absolute Gasteiger partial charge is 0.150 e. The van der Waals surface area contributed by atoms with E-state index in [-0.39, 0.29) is 6.54 Å². The molecule has 9 nitrogen and oxygen atoms in total. The normalized spacial score (nSPS) is 10.8. The molecule has 0 fully saturated rings. The van der Waals surface area contributed by atoms with E-state index >= 15 is 0 Å². The zero-order chi connectivity index (χ0) is 22.3. The first-order valence-corrected chi connectivity index (χ1v) is 10.8. The molecule has 0 aliphatic rings. The number of aromatic nitrogens is 6. The average Bonchev–Trinajstić information content (AvgIpc) is 3.45. The molecule has 0 radical (unpaired) electrons. The lowest BCUT2D eigenvalue weighted by molar-refractivity contribution is 0.650. The van der Waals surface area contributed by atoms with Crippen molar-refractivity contribution < 1.29 is 0 Å². The topological polar surface area (TPSA) is 110 Å². The van der Waals surface area contributed by atoms with Gasteiger partial charge in [-0.05, 0) is 33.5 Å². The van der Waals surface area contributed by atoms with Crippen molar-refractivity contribution in [2.24, 2.45) is 5.11 Å². The van der Waals surface area contributed by atoms with Crippen LogP contribution >= 0.6 is 11.6 Å². The number of aryl methyl sites for hydroxylation is 1. The predicted octanol–water partition coefficient (Wildman–Crippen LogP) is 5.38. The highest BCUT2D eigenvalue weighted by atomic mass is 35.5. The summed E-state index contributed by atoms with van der Waals surface area (Å²) in [5.41, 5.74) is 13.5. The van der Waals surface area contributed by atoms with Crippen LogP contribution in [0.15, 0.2) is 60.0 Å². The van der Waals surface area contributed by atoms with Crippen LogP contribution in [0.2, 0.25) is 5.15 Å². The molecule has 0 N–H and O–H groups in total. The number of imidazole rings is 1. The van der Waals surface area contributed by atoms with Gasteiger partial charge in [0.2, 0.25) is 0 Å². The van der Waals surface area contributed by atoms with Gasteiger partial charge in [-0.2, -0.15) is 4.68 Å². The van der Waals surface area contributed by atoms with Crippen LogP contribution in [0.1, 0.15) is 36.8 Å². The summed E-state index contributed by atoms with van der Waals surface area (Å²) >= 11 is 6.44. The summed E-state index contributed by atoms with van der Waals surface area (Å²) in [6.45, 7) is 2.76. The lowest BCUT2D eigenvalue weighted by Gasteiger charge is -2.17. The van der Waals surface area contributed by atoms with Crippen molar-refractivity contribution in [1.29, 1.82) is 0 Å². The van der Waals surface area contributed by atoms with Gasteiger partial charge in [-0.3, -0.25) is 0 Å². The predicted molar refractivity (Wildman–Crippen MR) is 122 cm³/mol. The summed E-state index contributed by atoms with van der Waals surface area (Å²) < 4.78 is 3.72. The van der Waals surface area contributed by atoms with E-state index in [2.05, 4.69) is 55.7 Å².